The van der Waals surface area contributed by atoms with Crippen LogP contribution in [0.3, 0.4) is 0 Å². The van der Waals surface area contributed by atoms with Gasteiger partial charge in [0, 0.05) is 19.1 Å². The quantitative estimate of drug-likeness (QED) is 0.887. The summed E-state index contributed by atoms with van der Waals surface area (Å²) in [6.45, 7) is 7.45. The largest absolute Gasteiger partial charge is 0.504 e. The molecule has 1 aliphatic heterocycles. The number of morpholine rings is 1. The molecule has 1 aliphatic rings. The van der Waals surface area contributed by atoms with Crippen molar-refractivity contribution < 1.29 is 14.6 Å². The molecule has 1 unspecified atom stereocenters. The maximum Gasteiger partial charge on any atom is 0.161 e. The van der Waals surface area contributed by atoms with Crippen LogP contribution >= 0.6 is 0 Å². The average Bonchev–Trinajstić information content (AvgIpc) is 2.38. The SMILES string of the molecule is CC(C)N1CCOC(COc2ccccc2O)C1. The molecule has 1 heterocycles. The van der Waals surface area contributed by atoms with Crippen LogP contribution < -0.4 is 4.74 Å². The van der Waals surface area contributed by atoms with E-state index < -0.39 is 0 Å². The number of para-hydroxylation sites is 2. The third kappa shape index (κ3) is 3.37. The molecule has 1 saturated heterocycles. The van der Waals surface area contributed by atoms with Gasteiger partial charge < -0.3 is 14.6 Å². The number of phenolic OH excluding ortho intramolecular Hbond substituents is 1. The van der Waals surface area contributed by atoms with Gasteiger partial charge in [0.25, 0.3) is 0 Å². The van der Waals surface area contributed by atoms with Crippen LogP contribution in [-0.4, -0.2) is 48.5 Å². The highest BCUT2D eigenvalue weighted by Crippen LogP contribution is 2.24. The Labute approximate surface area is 108 Å². The number of rotatable bonds is 4. The van der Waals surface area contributed by atoms with Crippen LogP contribution in [0, 0.1) is 0 Å². The van der Waals surface area contributed by atoms with E-state index in [9.17, 15) is 5.11 Å². The second-order valence-electron chi connectivity index (χ2n) is 4.86. The highest BCUT2D eigenvalue weighted by molar-refractivity contribution is 5.37. The fourth-order valence-electron chi connectivity index (χ4n) is 2.07. The molecule has 0 bridgehead atoms. The molecule has 1 aromatic carbocycles. The van der Waals surface area contributed by atoms with Gasteiger partial charge >= 0.3 is 0 Å². The average molecular weight is 251 g/mol. The normalized spacial score (nSPS) is 21.2. The van der Waals surface area contributed by atoms with E-state index in [1.807, 2.05) is 6.07 Å². The number of phenols is 1. The van der Waals surface area contributed by atoms with E-state index >= 15 is 0 Å². The van der Waals surface area contributed by atoms with Crippen LogP contribution in [-0.2, 0) is 4.74 Å². The Hall–Kier alpha value is -1.26. The first-order valence-electron chi connectivity index (χ1n) is 6.43. The Kier molecular flexibility index (Phi) is 4.44. The monoisotopic (exact) mass is 251 g/mol. The summed E-state index contributed by atoms with van der Waals surface area (Å²) in [5.41, 5.74) is 0. The fraction of sp³-hybridized carbons (Fsp3) is 0.571. The second-order valence-corrected chi connectivity index (χ2v) is 4.86. The maximum absolute atomic E-state index is 9.60. The number of hydrogen-bond donors (Lipinski definition) is 1. The molecule has 2 rings (SSSR count). The van der Waals surface area contributed by atoms with Crippen LogP contribution in [0.2, 0.25) is 0 Å². The minimum atomic E-state index is 0.0701. The molecular weight excluding hydrogens is 230 g/mol. The standard InChI is InChI=1S/C14H21NO3/c1-11(2)15-7-8-17-12(9-15)10-18-14-6-4-3-5-13(14)16/h3-6,11-12,16H,7-10H2,1-2H3. The lowest BCUT2D eigenvalue weighted by Crippen LogP contribution is -2.47. The molecule has 1 aromatic rings. The summed E-state index contributed by atoms with van der Waals surface area (Å²) in [4.78, 5) is 2.38. The van der Waals surface area contributed by atoms with E-state index in [1.165, 1.54) is 0 Å². The molecule has 1 N–H and O–H groups in total. The van der Waals surface area contributed by atoms with Gasteiger partial charge in [-0.1, -0.05) is 12.1 Å². The van der Waals surface area contributed by atoms with Crippen molar-refractivity contribution in [2.45, 2.75) is 26.0 Å². The van der Waals surface area contributed by atoms with Gasteiger partial charge in [-0.15, -0.1) is 0 Å². The van der Waals surface area contributed by atoms with Crippen molar-refractivity contribution in [3.8, 4) is 11.5 Å². The number of nitrogens with zero attached hydrogens (tertiary/aromatic N) is 1. The summed E-state index contributed by atoms with van der Waals surface area (Å²) >= 11 is 0. The fourth-order valence-corrected chi connectivity index (χ4v) is 2.07. The Bertz CT molecular complexity index is 381. The number of aromatic hydroxyl groups is 1. The van der Waals surface area contributed by atoms with E-state index in [4.69, 9.17) is 9.47 Å². The molecule has 4 heteroatoms. The van der Waals surface area contributed by atoms with Crippen molar-refractivity contribution in [1.29, 1.82) is 0 Å². The lowest BCUT2D eigenvalue weighted by molar-refractivity contribution is -0.0566. The van der Waals surface area contributed by atoms with Gasteiger partial charge in [0.2, 0.25) is 0 Å². The van der Waals surface area contributed by atoms with E-state index in [0.717, 1.165) is 19.7 Å². The topological polar surface area (TPSA) is 41.9 Å². The highest BCUT2D eigenvalue weighted by Gasteiger charge is 2.22. The summed E-state index contributed by atoms with van der Waals surface area (Å²) in [5.74, 6) is 0.691. The molecule has 1 fully saturated rings. The predicted molar refractivity (Wildman–Crippen MR) is 70.1 cm³/mol. The lowest BCUT2D eigenvalue weighted by Gasteiger charge is -2.35. The molecule has 1 atom stereocenters. The van der Waals surface area contributed by atoms with Crippen LogP contribution in [0.4, 0.5) is 0 Å². The van der Waals surface area contributed by atoms with E-state index in [1.54, 1.807) is 18.2 Å². The zero-order chi connectivity index (χ0) is 13.0. The van der Waals surface area contributed by atoms with Crippen LogP contribution in [0.15, 0.2) is 24.3 Å². The molecule has 18 heavy (non-hydrogen) atoms. The minimum absolute atomic E-state index is 0.0701. The van der Waals surface area contributed by atoms with Gasteiger partial charge in [-0.05, 0) is 26.0 Å². The molecule has 0 aromatic heterocycles. The van der Waals surface area contributed by atoms with Crippen molar-refractivity contribution in [1.82, 2.24) is 4.90 Å². The zero-order valence-corrected chi connectivity index (χ0v) is 11.0. The number of hydrogen-bond acceptors (Lipinski definition) is 4. The summed E-state index contributed by atoms with van der Waals surface area (Å²) in [6, 6.07) is 7.54. The molecule has 0 spiro atoms. The summed E-state index contributed by atoms with van der Waals surface area (Å²) in [7, 11) is 0. The van der Waals surface area contributed by atoms with E-state index in [-0.39, 0.29) is 11.9 Å². The van der Waals surface area contributed by atoms with Gasteiger partial charge in [-0.25, -0.2) is 0 Å². The van der Waals surface area contributed by atoms with Crippen LogP contribution in [0.25, 0.3) is 0 Å². The Balaban J connectivity index is 1.85. The lowest BCUT2D eigenvalue weighted by atomic mass is 10.2. The highest BCUT2D eigenvalue weighted by atomic mass is 16.5. The smallest absolute Gasteiger partial charge is 0.161 e. The van der Waals surface area contributed by atoms with Gasteiger partial charge in [0.05, 0.1) is 6.61 Å². The Morgan fingerprint density at radius 1 is 1.44 bits per heavy atom. The van der Waals surface area contributed by atoms with Gasteiger partial charge in [-0.3, -0.25) is 4.90 Å². The molecule has 0 saturated carbocycles. The second kappa shape index (κ2) is 6.07. The third-order valence-electron chi connectivity index (χ3n) is 3.19. The van der Waals surface area contributed by atoms with Gasteiger partial charge in [0.1, 0.15) is 12.7 Å². The van der Waals surface area contributed by atoms with Crippen molar-refractivity contribution >= 4 is 0 Å². The Morgan fingerprint density at radius 3 is 2.94 bits per heavy atom. The molecular formula is C14H21NO3. The molecule has 4 nitrogen and oxygen atoms in total. The summed E-state index contributed by atoms with van der Waals surface area (Å²) < 4.78 is 11.3. The maximum atomic E-state index is 9.60. The molecule has 0 amide bonds. The van der Waals surface area contributed by atoms with Crippen LogP contribution in [0.1, 0.15) is 13.8 Å². The van der Waals surface area contributed by atoms with Gasteiger partial charge in [0.15, 0.2) is 11.5 Å². The van der Waals surface area contributed by atoms with Crippen molar-refractivity contribution in [2.24, 2.45) is 0 Å². The first kappa shape index (κ1) is 13.2. The third-order valence-corrected chi connectivity index (χ3v) is 3.19. The summed E-state index contributed by atoms with van der Waals surface area (Å²) in [5, 5.41) is 9.60. The molecule has 100 valence electrons. The van der Waals surface area contributed by atoms with Crippen molar-refractivity contribution in [2.75, 3.05) is 26.3 Å². The van der Waals surface area contributed by atoms with Crippen molar-refractivity contribution in [3.63, 3.8) is 0 Å². The number of benzene rings is 1. The van der Waals surface area contributed by atoms with Crippen LogP contribution in [0.5, 0.6) is 11.5 Å². The summed E-state index contributed by atoms with van der Waals surface area (Å²) in [6.07, 6.45) is 0.0701. The van der Waals surface area contributed by atoms with Gasteiger partial charge in [-0.2, -0.15) is 0 Å². The van der Waals surface area contributed by atoms with E-state index in [0.29, 0.717) is 18.4 Å². The van der Waals surface area contributed by atoms with Crippen molar-refractivity contribution in [3.05, 3.63) is 24.3 Å². The van der Waals surface area contributed by atoms with E-state index in [2.05, 4.69) is 18.7 Å². The first-order chi connectivity index (χ1) is 8.66. The first-order valence-corrected chi connectivity index (χ1v) is 6.43. The predicted octanol–water partition coefficient (Wildman–Crippen LogP) is 1.88. The number of ether oxygens (including phenoxy) is 2. The molecule has 0 radical (unpaired) electrons. The molecule has 0 aliphatic carbocycles. The minimum Gasteiger partial charge on any atom is -0.504 e. The Morgan fingerprint density at radius 2 is 2.22 bits per heavy atom. The zero-order valence-electron chi connectivity index (χ0n) is 11.0.